The van der Waals surface area contributed by atoms with Gasteiger partial charge in [-0.15, -0.1) is 0 Å². The zero-order valence-corrected chi connectivity index (χ0v) is 11.2. The molecule has 1 aromatic rings. The van der Waals surface area contributed by atoms with Gasteiger partial charge in [-0.2, -0.15) is 0 Å². The summed E-state index contributed by atoms with van der Waals surface area (Å²) in [4.78, 5) is 23.2. The van der Waals surface area contributed by atoms with E-state index in [0.717, 1.165) is 6.42 Å². The second-order valence-electron chi connectivity index (χ2n) is 4.23. The number of urea groups is 1. The quantitative estimate of drug-likeness (QED) is 0.604. The van der Waals surface area contributed by atoms with Crippen LogP contribution in [0.25, 0.3) is 0 Å². The number of anilines is 2. The largest absolute Gasteiger partial charge is 0.399 e. The van der Waals surface area contributed by atoms with E-state index in [-0.39, 0.29) is 5.91 Å². The second kappa shape index (κ2) is 7.25. The molecule has 19 heavy (non-hydrogen) atoms. The molecule has 104 valence electrons. The molecule has 0 aliphatic rings. The number of carbonyl (C=O) groups is 2. The van der Waals surface area contributed by atoms with Crippen molar-refractivity contribution in [3.05, 3.63) is 24.3 Å². The fraction of sp³-hybridized carbons (Fsp3) is 0.385. The maximum atomic E-state index is 11.7. The lowest BCUT2D eigenvalue weighted by atomic mass is 10.3. The van der Waals surface area contributed by atoms with Crippen LogP contribution < -0.4 is 21.7 Å². The van der Waals surface area contributed by atoms with Crippen LogP contribution in [-0.4, -0.2) is 24.5 Å². The van der Waals surface area contributed by atoms with Crippen molar-refractivity contribution >= 4 is 23.3 Å². The van der Waals surface area contributed by atoms with E-state index in [1.165, 1.54) is 0 Å². The summed E-state index contributed by atoms with van der Waals surface area (Å²) in [7, 11) is 0. The van der Waals surface area contributed by atoms with Gasteiger partial charge in [-0.05, 0) is 37.6 Å². The maximum Gasteiger partial charge on any atom is 0.319 e. The van der Waals surface area contributed by atoms with Crippen LogP contribution in [0.1, 0.15) is 20.3 Å². The van der Waals surface area contributed by atoms with Crippen LogP contribution in [0.5, 0.6) is 0 Å². The van der Waals surface area contributed by atoms with Gasteiger partial charge >= 0.3 is 6.03 Å². The lowest BCUT2D eigenvalue weighted by Crippen LogP contribution is -2.46. The molecule has 6 heteroatoms. The second-order valence-corrected chi connectivity index (χ2v) is 4.23. The monoisotopic (exact) mass is 264 g/mol. The van der Waals surface area contributed by atoms with Crippen molar-refractivity contribution in [1.82, 2.24) is 10.6 Å². The zero-order chi connectivity index (χ0) is 14.3. The van der Waals surface area contributed by atoms with Crippen molar-refractivity contribution < 1.29 is 9.59 Å². The minimum absolute atomic E-state index is 0.200. The Balaban J connectivity index is 2.42. The molecule has 0 bridgehead atoms. The number of benzene rings is 1. The molecule has 1 aromatic carbocycles. The van der Waals surface area contributed by atoms with Crippen LogP contribution in [0.2, 0.25) is 0 Å². The lowest BCUT2D eigenvalue weighted by molar-refractivity contribution is -0.122. The van der Waals surface area contributed by atoms with Crippen LogP contribution in [0, 0.1) is 0 Å². The van der Waals surface area contributed by atoms with Gasteiger partial charge in [0.1, 0.15) is 6.04 Å². The average molecular weight is 264 g/mol. The number of rotatable bonds is 5. The molecule has 0 saturated carbocycles. The summed E-state index contributed by atoms with van der Waals surface area (Å²) in [5, 5.41) is 7.89. The molecule has 0 heterocycles. The van der Waals surface area contributed by atoms with E-state index in [9.17, 15) is 9.59 Å². The Morgan fingerprint density at radius 3 is 2.47 bits per heavy atom. The van der Waals surface area contributed by atoms with Crippen LogP contribution in [0.15, 0.2) is 24.3 Å². The van der Waals surface area contributed by atoms with Gasteiger partial charge in [-0.3, -0.25) is 4.79 Å². The van der Waals surface area contributed by atoms with E-state index in [0.29, 0.717) is 17.9 Å². The van der Waals surface area contributed by atoms with E-state index >= 15 is 0 Å². The Labute approximate surface area is 112 Å². The predicted octanol–water partition coefficient (Wildman–Crippen LogP) is 1.30. The molecular weight excluding hydrogens is 244 g/mol. The van der Waals surface area contributed by atoms with Crippen molar-refractivity contribution in [1.29, 1.82) is 0 Å². The van der Waals surface area contributed by atoms with Crippen molar-refractivity contribution in [2.45, 2.75) is 26.3 Å². The highest BCUT2D eigenvalue weighted by atomic mass is 16.2. The summed E-state index contributed by atoms with van der Waals surface area (Å²) in [6.45, 7) is 4.20. The molecular formula is C13H20N4O2. The first kappa shape index (κ1) is 14.8. The van der Waals surface area contributed by atoms with Crippen LogP contribution in [0.3, 0.4) is 0 Å². The smallest absolute Gasteiger partial charge is 0.319 e. The highest BCUT2D eigenvalue weighted by Gasteiger charge is 2.14. The van der Waals surface area contributed by atoms with Gasteiger partial charge in [0.05, 0.1) is 0 Å². The molecule has 0 radical (unpaired) electrons. The van der Waals surface area contributed by atoms with E-state index in [1.54, 1.807) is 31.2 Å². The number of hydrogen-bond donors (Lipinski definition) is 4. The Morgan fingerprint density at radius 2 is 1.89 bits per heavy atom. The number of carbonyl (C=O) groups excluding carboxylic acids is 2. The van der Waals surface area contributed by atoms with Crippen LogP contribution in [-0.2, 0) is 4.79 Å². The van der Waals surface area contributed by atoms with Gasteiger partial charge in [0, 0.05) is 17.9 Å². The molecule has 0 spiro atoms. The Kier molecular flexibility index (Phi) is 5.66. The van der Waals surface area contributed by atoms with Gasteiger partial charge in [0.2, 0.25) is 5.91 Å². The van der Waals surface area contributed by atoms with Gasteiger partial charge in [-0.25, -0.2) is 4.79 Å². The fourth-order valence-electron chi connectivity index (χ4n) is 1.40. The lowest BCUT2D eigenvalue weighted by Gasteiger charge is -2.14. The van der Waals surface area contributed by atoms with E-state index in [1.807, 2.05) is 6.92 Å². The fourth-order valence-corrected chi connectivity index (χ4v) is 1.40. The van der Waals surface area contributed by atoms with Crippen molar-refractivity contribution in [2.75, 3.05) is 17.6 Å². The Morgan fingerprint density at radius 1 is 1.26 bits per heavy atom. The minimum atomic E-state index is -0.583. The topological polar surface area (TPSA) is 96.2 Å². The van der Waals surface area contributed by atoms with Crippen molar-refractivity contribution in [3.8, 4) is 0 Å². The Bertz CT molecular complexity index is 431. The number of nitrogens with one attached hydrogen (secondary N) is 3. The first-order valence-corrected chi connectivity index (χ1v) is 6.23. The van der Waals surface area contributed by atoms with Gasteiger partial charge in [0.25, 0.3) is 0 Å². The summed E-state index contributed by atoms with van der Waals surface area (Å²) in [6.07, 6.45) is 0.857. The molecule has 5 N–H and O–H groups in total. The molecule has 1 atom stereocenters. The van der Waals surface area contributed by atoms with E-state index < -0.39 is 12.1 Å². The van der Waals surface area contributed by atoms with Crippen molar-refractivity contribution in [2.24, 2.45) is 0 Å². The zero-order valence-electron chi connectivity index (χ0n) is 11.2. The third-order valence-corrected chi connectivity index (χ3v) is 2.46. The summed E-state index contributed by atoms with van der Waals surface area (Å²) in [6, 6.07) is 5.75. The molecule has 0 fully saturated rings. The number of nitrogens with two attached hydrogens (primary N) is 1. The summed E-state index contributed by atoms with van der Waals surface area (Å²) >= 11 is 0. The number of hydrogen-bond acceptors (Lipinski definition) is 3. The third-order valence-electron chi connectivity index (χ3n) is 2.46. The normalized spacial score (nSPS) is 11.5. The van der Waals surface area contributed by atoms with Gasteiger partial charge in [0.15, 0.2) is 0 Å². The van der Waals surface area contributed by atoms with Gasteiger partial charge in [-0.1, -0.05) is 6.92 Å². The Hall–Kier alpha value is -2.24. The SMILES string of the molecule is CCCNC(=O)C(C)NC(=O)Nc1ccc(N)cc1. The standard InChI is InChI=1S/C13H20N4O2/c1-3-8-15-12(18)9(2)16-13(19)17-11-6-4-10(14)5-7-11/h4-7,9H,3,8,14H2,1-2H3,(H,15,18)(H2,16,17,19). The number of nitrogen functional groups attached to an aromatic ring is 1. The van der Waals surface area contributed by atoms with Gasteiger partial charge < -0.3 is 21.7 Å². The minimum Gasteiger partial charge on any atom is -0.399 e. The molecule has 0 aliphatic carbocycles. The summed E-state index contributed by atoms with van der Waals surface area (Å²) in [5.41, 5.74) is 6.78. The van der Waals surface area contributed by atoms with E-state index in [2.05, 4.69) is 16.0 Å². The molecule has 0 saturated heterocycles. The predicted molar refractivity (Wildman–Crippen MR) is 75.8 cm³/mol. The summed E-state index contributed by atoms with van der Waals surface area (Å²) in [5.74, 6) is -0.200. The van der Waals surface area contributed by atoms with Crippen LogP contribution >= 0.6 is 0 Å². The summed E-state index contributed by atoms with van der Waals surface area (Å²) < 4.78 is 0. The molecule has 0 aromatic heterocycles. The highest BCUT2D eigenvalue weighted by Crippen LogP contribution is 2.09. The molecule has 6 nitrogen and oxygen atoms in total. The first-order chi connectivity index (χ1) is 9.02. The molecule has 0 aliphatic heterocycles. The maximum absolute atomic E-state index is 11.7. The molecule has 1 unspecified atom stereocenters. The van der Waals surface area contributed by atoms with Crippen LogP contribution in [0.4, 0.5) is 16.2 Å². The molecule has 3 amide bonds. The van der Waals surface area contributed by atoms with E-state index in [4.69, 9.17) is 5.73 Å². The molecule has 1 rings (SSSR count). The first-order valence-electron chi connectivity index (χ1n) is 6.23. The third kappa shape index (κ3) is 5.29. The van der Waals surface area contributed by atoms with Crippen molar-refractivity contribution in [3.63, 3.8) is 0 Å². The number of amides is 3. The highest BCUT2D eigenvalue weighted by molar-refractivity contribution is 5.93. The average Bonchev–Trinajstić information content (AvgIpc) is 2.38.